The van der Waals surface area contributed by atoms with Crippen molar-refractivity contribution in [2.75, 3.05) is 18.8 Å². The lowest BCUT2D eigenvalue weighted by Gasteiger charge is -2.37. The fraction of sp³-hybridized carbons (Fsp3) is 0.812. The Labute approximate surface area is 157 Å². The molecule has 0 radical (unpaired) electrons. The summed E-state index contributed by atoms with van der Waals surface area (Å²) < 4.78 is 70.6. The van der Waals surface area contributed by atoms with Crippen molar-refractivity contribution in [1.29, 1.82) is 0 Å². The van der Waals surface area contributed by atoms with Crippen molar-refractivity contribution in [2.24, 2.45) is 13.0 Å². The van der Waals surface area contributed by atoms with Crippen molar-refractivity contribution >= 4 is 9.84 Å². The van der Waals surface area contributed by atoms with E-state index in [-0.39, 0.29) is 11.7 Å². The van der Waals surface area contributed by atoms with Gasteiger partial charge in [-0.25, -0.2) is 8.42 Å². The third-order valence-electron chi connectivity index (χ3n) is 4.27. The summed E-state index contributed by atoms with van der Waals surface area (Å²) in [6.45, 7) is 6.22. The van der Waals surface area contributed by atoms with Crippen LogP contribution in [0.1, 0.15) is 39.3 Å². The summed E-state index contributed by atoms with van der Waals surface area (Å²) in [6.07, 6.45) is -4.16. The van der Waals surface area contributed by atoms with E-state index in [1.165, 1.54) is 7.05 Å². The summed E-state index contributed by atoms with van der Waals surface area (Å²) in [5.41, 5.74) is -1.91. The number of piperidine rings is 1. The van der Waals surface area contributed by atoms with Gasteiger partial charge in [0.15, 0.2) is 15.5 Å². The molecule has 0 bridgehead atoms. The van der Waals surface area contributed by atoms with Crippen LogP contribution in [-0.2, 0) is 27.8 Å². The zero-order valence-electron chi connectivity index (χ0n) is 15.8. The summed E-state index contributed by atoms with van der Waals surface area (Å²) >= 11 is 0. The van der Waals surface area contributed by atoms with Crippen LogP contribution >= 0.6 is 0 Å². The van der Waals surface area contributed by atoms with Gasteiger partial charge in [0.2, 0.25) is 6.41 Å². The quantitative estimate of drug-likeness (QED) is 0.744. The molecule has 0 aromatic carbocycles. The molecule has 0 amide bonds. The number of aliphatic hydroxyl groups is 1. The van der Waals surface area contributed by atoms with E-state index in [9.17, 15) is 26.7 Å². The largest absolute Gasteiger partial charge is 0.436 e. The van der Waals surface area contributed by atoms with Crippen molar-refractivity contribution in [1.82, 2.24) is 14.7 Å². The van der Waals surface area contributed by atoms with Crippen LogP contribution in [0.25, 0.3) is 0 Å². The Morgan fingerprint density at radius 3 is 2.33 bits per heavy atom. The van der Waals surface area contributed by atoms with Crippen LogP contribution in [0.15, 0.2) is 11.1 Å². The molecule has 0 aliphatic carbocycles. The number of sulfone groups is 1. The second-order valence-corrected chi connectivity index (χ2v) is 9.83. The van der Waals surface area contributed by atoms with Gasteiger partial charge >= 0.3 is 6.18 Å². The molecule has 0 saturated carbocycles. The number of aryl methyl sites for hydroxylation is 1. The van der Waals surface area contributed by atoms with Crippen molar-refractivity contribution < 1.29 is 31.4 Å². The smallest absolute Gasteiger partial charge is 0.356 e. The molecule has 2 rings (SSSR count). The molecule has 1 unspecified atom stereocenters. The molecule has 1 atom stereocenters. The fourth-order valence-electron chi connectivity index (χ4n) is 3.02. The first-order valence-corrected chi connectivity index (χ1v) is 10.3. The van der Waals surface area contributed by atoms with E-state index in [4.69, 9.17) is 4.74 Å². The molecular weight excluding hydrogens is 387 g/mol. The maximum Gasteiger partial charge on any atom is 0.436 e. The Morgan fingerprint density at radius 2 is 1.85 bits per heavy atom. The molecule has 7 nitrogen and oxygen atoms in total. The van der Waals surface area contributed by atoms with E-state index in [0.29, 0.717) is 25.9 Å². The Morgan fingerprint density at radius 1 is 1.30 bits per heavy atom. The number of likely N-dealkylation sites (tertiary alicyclic amines) is 1. The number of hydrogen-bond donors (Lipinski definition) is 1. The zero-order chi connectivity index (χ0) is 20.6. The van der Waals surface area contributed by atoms with Gasteiger partial charge in [0, 0.05) is 26.3 Å². The van der Waals surface area contributed by atoms with E-state index in [1.54, 1.807) is 4.90 Å². The Bertz CT molecular complexity index is 748. The summed E-state index contributed by atoms with van der Waals surface area (Å²) in [7, 11) is -2.88. The van der Waals surface area contributed by atoms with Gasteiger partial charge in [0.25, 0.3) is 0 Å². The molecule has 2 heterocycles. The van der Waals surface area contributed by atoms with Crippen molar-refractivity contribution in [3.05, 3.63) is 11.9 Å². The van der Waals surface area contributed by atoms with E-state index in [1.807, 2.05) is 20.8 Å². The SMILES string of the molecule is Cn1cc(S(=O)(=O)CC2CCN(C(O)OC(C)(C)C)CC2)c(C(F)(F)F)n1. The standard InChI is InChI=1S/C16H26F3N3O4S/c1-15(2,3)26-14(23)22-7-5-11(6-8-22)10-27(24,25)12-9-21(4)20-13(12)16(17,18)19/h9,11,14,23H,5-8,10H2,1-4H3. The molecule has 11 heteroatoms. The van der Waals surface area contributed by atoms with Crippen molar-refractivity contribution in [3.8, 4) is 0 Å². The van der Waals surface area contributed by atoms with E-state index in [0.717, 1.165) is 10.9 Å². The Hall–Kier alpha value is -1.17. The van der Waals surface area contributed by atoms with Crippen LogP contribution in [-0.4, -0.2) is 59.1 Å². The van der Waals surface area contributed by atoms with Gasteiger partial charge in [-0.2, -0.15) is 18.3 Å². The second kappa shape index (κ2) is 7.69. The molecule has 27 heavy (non-hydrogen) atoms. The first-order valence-electron chi connectivity index (χ1n) is 8.62. The number of hydrogen-bond acceptors (Lipinski definition) is 6. The third-order valence-corrected chi connectivity index (χ3v) is 6.15. The van der Waals surface area contributed by atoms with E-state index in [2.05, 4.69) is 5.10 Å². The zero-order valence-corrected chi connectivity index (χ0v) is 16.6. The van der Waals surface area contributed by atoms with Gasteiger partial charge in [-0.05, 0) is 39.5 Å². The number of aromatic nitrogens is 2. The monoisotopic (exact) mass is 413 g/mol. The highest BCUT2D eigenvalue weighted by Crippen LogP contribution is 2.34. The predicted molar refractivity (Wildman–Crippen MR) is 91.4 cm³/mol. The number of ether oxygens (including phenoxy) is 1. The first-order chi connectivity index (χ1) is 12.2. The molecule has 0 spiro atoms. The van der Waals surface area contributed by atoms with Crippen LogP contribution in [0.5, 0.6) is 0 Å². The number of aliphatic hydroxyl groups excluding tert-OH is 1. The van der Waals surface area contributed by atoms with Gasteiger partial charge < -0.3 is 9.84 Å². The molecule has 1 aliphatic heterocycles. The molecule has 1 aromatic rings. The summed E-state index contributed by atoms with van der Waals surface area (Å²) in [6, 6.07) is 0. The van der Waals surface area contributed by atoms with Crippen LogP contribution < -0.4 is 0 Å². The van der Waals surface area contributed by atoms with Crippen molar-refractivity contribution in [3.63, 3.8) is 0 Å². The number of halogens is 3. The predicted octanol–water partition coefficient (Wildman–Crippen LogP) is 2.02. The van der Waals surface area contributed by atoms with Crippen LogP contribution in [0.3, 0.4) is 0 Å². The van der Waals surface area contributed by atoms with E-state index < -0.39 is 38.6 Å². The Kier molecular flexibility index (Phi) is 6.30. The lowest BCUT2D eigenvalue weighted by molar-refractivity contribution is -0.243. The third kappa shape index (κ3) is 5.90. The normalized spacial score (nSPS) is 19.4. The summed E-state index contributed by atoms with van der Waals surface area (Å²) in [5.74, 6) is -0.680. The molecular formula is C16H26F3N3O4S. The average molecular weight is 413 g/mol. The Balaban J connectivity index is 2.03. The van der Waals surface area contributed by atoms with Crippen LogP contribution in [0.4, 0.5) is 13.2 Å². The maximum absolute atomic E-state index is 13.1. The topological polar surface area (TPSA) is 84.7 Å². The summed E-state index contributed by atoms with van der Waals surface area (Å²) in [4.78, 5) is 0.899. The average Bonchev–Trinajstić information content (AvgIpc) is 2.89. The van der Waals surface area contributed by atoms with Gasteiger partial charge in [-0.3, -0.25) is 9.58 Å². The highest BCUT2D eigenvalue weighted by Gasteiger charge is 2.41. The molecule has 1 aliphatic rings. The van der Waals surface area contributed by atoms with Gasteiger partial charge in [0.05, 0.1) is 11.4 Å². The fourth-order valence-corrected chi connectivity index (χ4v) is 4.92. The van der Waals surface area contributed by atoms with Gasteiger partial charge in [-0.1, -0.05) is 0 Å². The summed E-state index contributed by atoms with van der Waals surface area (Å²) in [5, 5.41) is 13.3. The highest BCUT2D eigenvalue weighted by atomic mass is 32.2. The van der Waals surface area contributed by atoms with Gasteiger partial charge in [-0.15, -0.1) is 0 Å². The maximum atomic E-state index is 13.1. The minimum atomic E-state index is -4.83. The lowest BCUT2D eigenvalue weighted by atomic mass is 9.99. The highest BCUT2D eigenvalue weighted by molar-refractivity contribution is 7.91. The van der Waals surface area contributed by atoms with Crippen LogP contribution in [0, 0.1) is 5.92 Å². The number of alkyl halides is 3. The molecule has 1 N–H and O–H groups in total. The molecule has 156 valence electrons. The first kappa shape index (κ1) is 22.1. The minimum absolute atomic E-state index is 0.297. The lowest BCUT2D eigenvalue weighted by Crippen LogP contribution is -2.46. The molecule has 1 aromatic heterocycles. The van der Waals surface area contributed by atoms with Crippen LogP contribution in [0.2, 0.25) is 0 Å². The number of nitrogens with zero attached hydrogens (tertiary/aromatic N) is 3. The molecule has 1 fully saturated rings. The van der Waals surface area contributed by atoms with Gasteiger partial charge in [0.1, 0.15) is 4.90 Å². The second-order valence-electron chi connectivity index (χ2n) is 7.83. The van der Waals surface area contributed by atoms with E-state index >= 15 is 0 Å². The minimum Gasteiger partial charge on any atom is -0.356 e. The van der Waals surface area contributed by atoms with Crippen molar-refractivity contribution in [2.45, 2.75) is 56.7 Å². The molecule has 1 saturated heterocycles. The number of rotatable bonds is 5.